The van der Waals surface area contributed by atoms with Gasteiger partial charge in [-0.3, -0.25) is 4.99 Å². The molecule has 0 spiro atoms. The van der Waals surface area contributed by atoms with E-state index >= 15 is 0 Å². The minimum absolute atomic E-state index is 0.0189. The number of aliphatic hydroxyl groups is 1. The first kappa shape index (κ1) is 22.0. The summed E-state index contributed by atoms with van der Waals surface area (Å²) in [5.74, 6) is 8.51. The van der Waals surface area contributed by atoms with Crippen molar-refractivity contribution in [3.05, 3.63) is 90.0 Å². The quantitative estimate of drug-likeness (QED) is 0.397. The number of allylic oxidation sites excluding steroid dienone is 2. The van der Waals surface area contributed by atoms with Crippen LogP contribution in [0.5, 0.6) is 0 Å². The lowest BCUT2D eigenvalue weighted by atomic mass is 9.75. The molecule has 3 aliphatic rings. The molecule has 176 valence electrons. The molecular weight excluding hydrogens is 434 g/mol. The number of hydrogen-bond donors (Lipinski definition) is 2. The summed E-state index contributed by atoms with van der Waals surface area (Å²) in [5.41, 5.74) is 5.87. The van der Waals surface area contributed by atoms with Crippen molar-refractivity contribution in [2.45, 2.75) is 32.1 Å². The maximum atomic E-state index is 9.67. The SMILES string of the molecule is N[N+]12C=CN=CC1=C(C1CCCCC1CCO)N=C2c1ccc2ccc(-c3ccccc3)nc2c1. The molecule has 6 heteroatoms. The van der Waals surface area contributed by atoms with Crippen molar-refractivity contribution in [1.29, 1.82) is 0 Å². The molecule has 3 atom stereocenters. The first-order chi connectivity index (χ1) is 17.2. The summed E-state index contributed by atoms with van der Waals surface area (Å²) in [7, 11) is 0. The van der Waals surface area contributed by atoms with Gasteiger partial charge in [0.05, 0.1) is 29.2 Å². The van der Waals surface area contributed by atoms with Gasteiger partial charge in [-0.1, -0.05) is 55.3 Å². The molecule has 1 fully saturated rings. The Balaban J connectivity index is 1.44. The molecule has 0 amide bonds. The van der Waals surface area contributed by atoms with Crippen molar-refractivity contribution < 1.29 is 9.70 Å². The minimum Gasteiger partial charge on any atom is -0.396 e. The molecule has 0 radical (unpaired) electrons. The van der Waals surface area contributed by atoms with Crippen LogP contribution in [0.2, 0.25) is 0 Å². The molecule has 3 unspecified atom stereocenters. The average Bonchev–Trinajstić information content (AvgIpc) is 3.22. The van der Waals surface area contributed by atoms with E-state index in [4.69, 9.17) is 15.8 Å². The number of pyridine rings is 1. The highest BCUT2D eigenvalue weighted by molar-refractivity contribution is 6.02. The number of nitrogens with two attached hydrogens (primary N) is 1. The van der Waals surface area contributed by atoms with Crippen LogP contribution < -0.4 is 5.84 Å². The van der Waals surface area contributed by atoms with Gasteiger partial charge in [0, 0.05) is 23.5 Å². The van der Waals surface area contributed by atoms with Gasteiger partial charge in [0.15, 0.2) is 0 Å². The lowest BCUT2D eigenvalue weighted by Gasteiger charge is -2.31. The molecule has 0 saturated heterocycles. The van der Waals surface area contributed by atoms with Gasteiger partial charge in [-0.2, -0.15) is 10.8 Å². The number of quaternary nitrogens is 1. The fraction of sp³-hybridized carbons (Fsp3) is 0.276. The lowest BCUT2D eigenvalue weighted by molar-refractivity contribution is -0.750. The molecule has 6 rings (SSSR count). The van der Waals surface area contributed by atoms with Crippen molar-refractivity contribution in [3.63, 3.8) is 0 Å². The Morgan fingerprint density at radius 2 is 1.80 bits per heavy atom. The van der Waals surface area contributed by atoms with Crippen LogP contribution >= 0.6 is 0 Å². The van der Waals surface area contributed by atoms with E-state index in [0.717, 1.165) is 64.2 Å². The Labute approximate surface area is 205 Å². The molecule has 6 nitrogen and oxygen atoms in total. The van der Waals surface area contributed by atoms with Crippen molar-refractivity contribution in [1.82, 2.24) is 4.98 Å². The standard InChI is InChI=1S/C29H30N5O/c30-34-16-15-31-19-27(34)28(24-9-5-4-6-20(24)14-17-35)33-29(34)23-11-10-22-12-13-25(32-26(22)18-23)21-7-2-1-3-8-21/h1-3,7-8,10-13,15-16,18-20,24,35H,4-6,9,14,17,30H2/q+1. The van der Waals surface area contributed by atoms with Crippen LogP contribution in [0, 0.1) is 11.8 Å². The number of aliphatic hydroxyl groups excluding tert-OH is 1. The number of amidine groups is 1. The summed E-state index contributed by atoms with van der Waals surface area (Å²) in [4.78, 5) is 14.6. The third kappa shape index (κ3) is 3.84. The van der Waals surface area contributed by atoms with Gasteiger partial charge in [-0.25, -0.2) is 4.98 Å². The molecule has 0 bridgehead atoms. The summed E-state index contributed by atoms with van der Waals surface area (Å²) in [6, 6.07) is 20.7. The fourth-order valence-corrected chi connectivity index (χ4v) is 5.78. The molecule has 1 aliphatic carbocycles. The molecule has 1 saturated carbocycles. The second kappa shape index (κ2) is 8.96. The average molecular weight is 465 g/mol. The van der Waals surface area contributed by atoms with Gasteiger partial charge in [0.1, 0.15) is 11.9 Å². The molecule has 3 aromatic rings. The summed E-state index contributed by atoms with van der Waals surface area (Å²) in [6.45, 7) is 0.205. The van der Waals surface area contributed by atoms with E-state index in [0.29, 0.717) is 5.92 Å². The zero-order valence-electron chi connectivity index (χ0n) is 19.7. The smallest absolute Gasteiger partial charge is 0.264 e. The topological polar surface area (TPSA) is 83.9 Å². The van der Waals surface area contributed by atoms with E-state index < -0.39 is 0 Å². The number of fused-ring (bicyclic) bond motifs is 2. The Kier molecular flexibility index (Phi) is 5.65. The predicted octanol–water partition coefficient (Wildman–Crippen LogP) is 5.31. The third-order valence-electron chi connectivity index (χ3n) is 7.60. The van der Waals surface area contributed by atoms with E-state index in [1.807, 2.05) is 30.6 Å². The maximum Gasteiger partial charge on any atom is 0.264 e. The van der Waals surface area contributed by atoms with Gasteiger partial charge in [-0.05, 0) is 43.4 Å². The van der Waals surface area contributed by atoms with E-state index in [9.17, 15) is 5.11 Å². The monoisotopic (exact) mass is 464 g/mol. The van der Waals surface area contributed by atoms with E-state index in [1.54, 1.807) is 6.20 Å². The first-order valence-electron chi connectivity index (χ1n) is 12.5. The van der Waals surface area contributed by atoms with E-state index in [-0.39, 0.29) is 17.1 Å². The van der Waals surface area contributed by atoms with Crippen LogP contribution in [0.4, 0.5) is 0 Å². The van der Waals surface area contributed by atoms with E-state index in [1.165, 1.54) is 12.8 Å². The number of benzene rings is 2. The zero-order valence-corrected chi connectivity index (χ0v) is 19.7. The highest BCUT2D eigenvalue weighted by atomic mass is 16.3. The highest BCUT2D eigenvalue weighted by Crippen LogP contribution is 2.43. The highest BCUT2D eigenvalue weighted by Gasteiger charge is 2.47. The summed E-state index contributed by atoms with van der Waals surface area (Å²) in [5, 5.41) is 10.8. The molecule has 1 aromatic heterocycles. The van der Waals surface area contributed by atoms with E-state index in [2.05, 4.69) is 47.5 Å². The van der Waals surface area contributed by atoms with Crippen molar-refractivity contribution in [2.75, 3.05) is 6.61 Å². The Morgan fingerprint density at radius 3 is 2.66 bits per heavy atom. The van der Waals surface area contributed by atoms with Gasteiger partial charge < -0.3 is 5.11 Å². The van der Waals surface area contributed by atoms with Gasteiger partial charge in [0.25, 0.3) is 5.84 Å². The third-order valence-corrected chi connectivity index (χ3v) is 7.60. The van der Waals surface area contributed by atoms with Gasteiger partial charge >= 0.3 is 0 Å². The van der Waals surface area contributed by atoms with Gasteiger partial charge in [-0.15, -0.1) is 4.59 Å². The lowest BCUT2D eigenvalue weighted by Crippen LogP contribution is -2.53. The largest absolute Gasteiger partial charge is 0.396 e. The zero-order chi connectivity index (χ0) is 23.8. The molecule has 2 aromatic carbocycles. The van der Waals surface area contributed by atoms with Crippen LogP contribution in [0.25, 0.3) is 22.2 Å². The van der Waals surface area contributed by atoms with Crippen LogP contribution in [0.1, 0.15) is 37.7 Å². The fourth-order valence-electron chi connectivity index (χ4n) is 5.78. The van der Waals surface area contributed by atoms with Gasteiger partial charge in [0.2, 0.25) is 5.70 Å². The first-order valence-corrected chi connectivity index (χ1v) is 12.5. The van der Waals surface area contributed by atoms with Crippen LogP contribution in [0.3, 0.4) is 0 Å². The number of aliphatic imine (C=N–C) groups is 2. The Bertz CT molecular complexity index is 1390. The number of nitrogens with zero attached hydrogens (tertiary/aromatic N) is 4. The second-order valence-corrected chi connectivity index (χ2v) is 9.69. The Hall–Kier alpha value is -3.45. The van der Waals surface area contributed by atoms with Crippen LogP contribution in [-0.2, 0) is 0 Å². The predicted molar refractivity (Wildman–Crippen MR) is 140 cm³/mol. The summed E-state index contributed by atoms with van der Waals surface area (Å²) in [6.07, 6.45) is 10.9. The second-order valence-electron chi connectivity index (χ2n) is 9.69. The molecule has 35 heavy (non-hydrogen) atoms. The number of aromatic nitrogens is 1. The summed E-state index contributed by atoms with van der Waals surface area (Å²) < 4.78 is 0.0189. The van der Waals surface area contributed by atoms with Crippen LogP contribution in [0.15, 0.2) is 94.4 Å². The number of rotatable bonds is 5. The van der Waals surface area contributed by atoms with Crippen LogP contribution in [-0.4, -0.2) is 33.3 Å². The Morgan fingerprint density at radius 1 is 0.971 bits per heavy atom. The normalized spacial score (nSPS) is 25.7. The molecular formula is C29H30N5O+. The number of hydrogen-bond acceptors (Lipinski definition) is 5. The molecule has 3 N–H and O–H groups in total. The maximum absolute atomic E-state index is 9.67. The molecule has 2 aliphatic heterocycles. The molecule has 3 heterocycles. The minimum atomic E-state index is 0.0189. The van der Waals surface area contributed by atoms with Crippen molar-refractivity contribution >= 4 is 23.0 Å². The van der Waals surface area contributed by atoms with Crippen molar-refractivity contribution in [2.24, 2.45) is 27.7 Å². The van der Waals surface area contributed by atoms with Crippen molar-refractivity contribution in [3.8, 4) is 11.3 Å². The summed E-state index contributed by atoms with van der Waals surface area (Å²) >= 11 is 0.